The summed E-state index contributed by atoms with van der Waals surface area (Å²) >= 11 is 5.94. The summed E-state index contributed by atoms with van der Waals surface area (Å²) in [7, 11) is 0. The number of ether oxygens (including phenoxy) is 1. The van der Waals surface area contributed by atoms with Crippen LogP contribution in [0.4, 0.5) is 0 Å². The molecule has 0 saturated carbocycles. The lowest BCUT2D eigenvalue weighted by molar-refractivity contribution is -0.0511. The average molecular weight is 403 g/mol. The van der Waals surface area contributed by atoms with Gasteiger partial charge in [-0.05, 0) is 24.3 Å². The Morgan fingerprint density at radius 3 is 2.50 bits per heavy atom. The van der Waals surface area contributed by atoms with Gasteiger partial charge in [-0.15, -0.1) is 10.2 Å². The lowest BCUT2D eigenvalue weighted by atomic mass is 10.1. The molecule has 0 amide bonds. The Kier molecular flexibility index (Phi) is 4.03. The van der Waals surface area contributed by atoms with Crippen LogP contribution in [0.25, 0.3) is 28.2 Å². The number of rotatable bonds is 3. The molecule has 11 heteroatoms. The van der Waals surface area contributed by atoms with E-state index in [-0.39, 0.29) is 0 Å². The van der Waals surface area contributed by atoms with E-state index in [0.29, 0.717) is 27.7 Å². The molecule has 1 aliphatic rings. The number of aliphatic hydroxyl groups is 3. The standard InChI is InChI=1S/C17H15ClN6O4/c18-9-3-1-8(2-4-9)14-21-22-16-11-15(20-7-23(14)16)24(6-19-11)17-13(27)12(26)10(5-25)28-17/h1-4,6-7,10,12-13,17,25-27H,5H2/t10-,12-,13-,17-/m1/s1. The van der Waals surface area contributed by atoms with Crippen molar-refractivity contribution in [2.75, 3.05) is 6.61 Å². The van der Waals surface area contributed by atoms with Crippen molar-refractivity contribution in [3.63, 3.8) is 0 Å². The topological polar surface area (TPSA) is 131 Å². The van der Waals surface area contributed by atoms with E-state index < -0.39 is 31.1 Å². The van der Waals surface area contributed by atoms with Gasteiger partial charge >= 0.3 is 0 Å². The molecule has 3 aromatic heterocycles. The summed E-state index contributed by atoms with van der Waals surface area (Å²) in [5.41, 5.74) is 2.19. The predicted octanol–water partition coefficient (Wildman–Crippen LogP) is 0.406. The van der Waals surface area contributed by atoms with Crippen LogP contribution in [0.1, 0.15) is 6.23 Å². The lowest BCUT2D eigenvalue weighted by Gasteiger charge is -2.16. The molecule has 0 aliphatic carbocycles. The molecule has 4 heterocycles. The van der Waals surface area contributed by atoms with Gasteiger partial charge in [0.25, 0.3) is 0 Å². The second-order valence-electron chi connectivity index (χ2n) is 6.52. The number of fused-ring (bicyclic) bond motifs is 3. The molecule has 0 unspecified atom stereocenters. The normalized spacial score (nSPS) is 25.1. The Morgan fingerprint density at radius 1 is 1.00 bits per heavy atom. The van der Waals surface area contributed by atoms with E-state index in [1.165, 1.54) is 10.9 Å². The van der Waals surface area contributed by atoms with Gasteiger partial charge in [0.1, 0.15) is 24.6 Å². The van der Waals surface area contributed by atoms with Gasteiger partial charge in [-0.25, -0.2) is 9.97 Å². The SMILES string of the molecule is OC[C@H]1O[C@@H](n2cnc3c2ncn2c(-c4ccc(Cl)cc4)nnc32)[C@H](O)[C@@H]1O. The molecule has 3 N–H and O–H groups in total. The zero-order chi connectivity index (χ0) is 19.4. The van der Waals surface area contributed by atoms with Crippen LogP contribution in [-0.2, 0) is 4.74 Å². The number of nitrogens with zero attached hydrogens (tertiary/aromatic N) is 6. The number of hydrogen-bond acceptors (Lipinski definition) is 8. The van der Waals surface area contributed by atoms with E-state index in [4.69, 9.17) is 16.3 Å². The van der Waals surface area contributed by atoms with Gasteiger partial charge in [0.05, 0.1) is 12.9 Å². The molecule has 0 bridgehead atoms. The molecule has 0 radical (unpaired) electrons. The molecule has 1 saturated heterocycles. The van der Waals surface area contributed by atoms with Crippen molar-refractivity contribution >= 4 is 28.4 Å². The fourth-order valence-corrected chi connectivity index (χ4v) is 3.53. The van der Waals surface area contributed by atoms with Crippen molar-refractivity contribution in [2.45, 2.75) is 24.5 Å². The van der Waals surface area contributed by atoms with E-state index in [9.17, 15) is 15.3 Å². The number of halogens is 1. The van der Waals surface area contributed by atoms with E-state index in [2.05, 4.69) is 20.2 Å². The van der Waals surface area contributed by atoms with Crippen molar-refractivity contribution in [3.05, 3.63) is 41.9 Å². The molecule has 5 rings (SSSR count). The van der Waals surface area contributed by atoms with Crippen molar-refractivity contribution in [1.82, 2.24) is 29.1 Å². The summed E-state index contributed by atoms with van der Waals surface area (Å²) in [6.45, 7) is -0.409. The molecule has 1 aromatic carbocycles. The smallest absolute Gasteiger partial charge is 0.192 e. The van der Waals surface area contributed by atoms with E-state index in [1.807, 2.05) is 12.1 Å². The third-order valence-corrected chi connectivity index (χ3v) is 5.12. The number of aliphatic hydroxyl groups excluding tert-OH is 3. The van der Waals surface area contributed by atoms with Crippen LogP contribution in [0.15, 0.2) is 36.9 Å². The van der Waals surface area contributed by atoms with Gasteiger partial charge in [-0.1, -0.05) is 11.6 Å². The average Bonchev–Trinajstić information content (AvgIpc) is 3.39. The number of benzene rings is 1. The fourth-order valence-electron chi connectivity index (χ4n) is 3.41. The molecule has 4 atom stereocenters. The maximum atomic E-state index is 10.3. The molecule has 28 heavy (non-hydrogen) atoms. The fraction of sp³-hybridized carbons (Fsp3) is 0.294. The first-order valence-corrected chi connectivity index (χ1v) is 8.91. The Balaban J connectivity index is 1.61. The van der Waals surface area contributed by atoms with Crippen molar-refractivity contribution in [1.29, 1.82) is 0 Å². The van der Waals surface area contributed by atoms with Crippen molar-refractivity contribution in [3.8, 4) is 11.4 Å². The summed E-state index contributed by atoms with van der Waals surface area (Å²) in [6.07, 6.45) is -1.23. The Bertz CT molecular complexity index is 1160. The molecule has 1 fully saturated rings. The number of aromatic nitrogens is 6. The third kappa shape index (κ3) is 2.50. The molecule has 1 aliphatic heterocycles. The maximum Gasteiger partial charge on any atom is 0.192 e. The van der Waals surface area contributed by atoms with E-state index >= 15 is 0 Å². The minimum Gasteiger partial charge on any atom is -0.394 e. The monoisotopic (exact) mass is 402 g/mol. The van der Waals surface area contributed by atoms with Crippen LogP contribution < -0.4 is 0 Å². The van der Waals surface area contributed by atoms with Crippen LogP contribution in [0, 0.1) is 0 Å². The minimum atomic E-state index is -1.23. The molecule has 4 aromatic rings. The first-order chi connectivity index (χ1) is 13.6. The molecule has 0 spiro atoms. The number of imidazole rings is 1. The highest BCUT2D eigenvalue weighted by Gasteiger charge is 2.44. The maximum absolute atomic E-state index is 10.3. The molecular formula is C17H15ClN6O4. The quantitative estimate of drug-likeness (QED) is 0.449. The van der Waals surface area contributed by atoms with Crippen LogP contribution in [-0.4, -0.2) is 69.4 Å². The highest BCUT2D eigenvalue weighted by molar-refractivity contribution is 6.30. The zero-order valence-electron chi connectivity index (χ0n) is 14.3. The third-order valence-electron chi connectivity index (χ3n) is 4.86. The molecule has 144 valence electrons. The second-order valence-corrected chi connectivity index (χ2v) is 6.96. The summed E-state index contributed by atoms with van der Waals surface area (Å²) in [6, 6.07) is 7.20. The summed E-state index contributed by atoms with van der Waals surface area (Å²) in [5.74, 6) is 0.587. The second kappa shape index (κ2) is 6.47. The summed E-state index contributed by atoms with van der Waals surface area (Å²) in [5, 5.41) is 38.6. The first kappa shape index (κ1) is 17.5. The Morgan fingerprint density at radius 2 is 1.79 bits per heavy atom. The molecular weight excluding hydrogens is 388 g/mol. The lowest BCUT2D eigenvalue weighted by Crippen LogP contribution is -2.33. The van der Waals surface area contributed by atoms with E-state index in [1.54, 1.807) is 22.9 Å². The van der Waals surface area contributed by atoms with Crippen molar-refractivity contribution < 1.29 is 20.1 Å². The van der Waals surface area contributed by atoms with Crippen LogP contribution >= 0.6 is 11.6 Å². The minimum absolute atomic E-state index is 0.409. The highest BCUT2D eigenvalue weighted by Crippen LogP contribution is 2.32. The van der Waals surface area contributed by atoms with Gasteiger partial charge in [0.15, 0.2) is 28.9 Å². The zero-order valence-corrected chi connectivity index (χ0v) is 15.0. The number of hydrogen-bond donors (Lipinski definition) is 3. The van der Waals surface area contributed by atoms with Crippen LogP contribution in [0.3, 0.4) is 0 Å². The first-order valence-electron chi connectivity index (χ1n) is 8.53. The van der Waals surface area contributed by atoms with Gasteiger partial charge in [-0.3, -0.25) is 8.97 Å². The summed E-state index contributed by atoms with van der Waals surface area (Å²) in [4.78, 5) is 8.77. The van der Waals surface area contributed by atoms with Gasteiger partial charge < -0.3 is 20.1 Å². The van der Waals surface area contributed by atoms with E-state index in [0.717, 1.165) is 5.56 Å². The van der Waals surface area contributed by atoms with Gasteiger partial charge in [0, 0.05) is 10.6 Å². The highest BCUT2D eigenvalue weighted by atomic mass is 35.5. The van der Waals surface area contributed by atoms with Crippen molar-refractivity contribution in [2.24, 2.45) is 0 Å². The van der Waals surface area contributed by atoms with Gasteiger partial charge in [0.2, 0.25) is 0 Å². The largest absolute Gasteiger partial charge is 0.394 e. The van der Waals surface area contributed by atoms with Crippen LogP contribution in [0.2, 0.25) is 5.02 Å². The Labute approximate surface area is 162 Å². The van der Waals surface area contributed by atoms with Crippen LogP contribution in [0.5, 0.6) is 0 Å². The Hall–Kier alpha value is -2.63. The van der Waals surface area contributed by atoms with Gasteiger partial charge in [-0.2, -0.15) is 0 Å². The summed E-state index contributed by atoms with van der Waals surface area (Å²) < 4.78 is 8.78. The molecule has 10 nitrogen and oxygen atoms in total. The predicted molar refractivity (Wildman–Crippen MR) is 97.5 cm³/mol.